The van der Waals surface area contributed by atoms with Crippen molar-refractivity contribution in [2.24, 2.45) is 5.73 Å². The summed E-state index contributed by atoms with van der Waals surface area (Å²) in [6.45, 7) is 6.63. The summed E-state index contributed by atoms with van der Waals surface area (Å²) in [6.07, 6.45) is 2.71. The van der Waals surface area contributed by atoms with Gasteiger partial charge in [0, 0.05) is 16.5 Å². The lowest BCUT2D eigenvalue weighted by Gasteiger charge is -2.19. The molecule has 0 fully saturated rings. The lowest BCUT2D eigenvalue weighted by molar-refractivity contribution is 0.102. The summed E-state index contributed by atoms with van der Waals surface area (Å²) >= 11 is 1.54. The highest BCUT2D eigenvalue weighted by Crippen LogP contribution is 2.30. The summed E-state index contributed by atoms with van der Waals surface area (Å²) in [5.41, 5.74) is 11.4. The lowest BCUT2D eigenvalue weighted by atomic mass is 9.86. The Balaban J connectivity index is 0.00000256. The van der Waals surface area contributed by atoms with Gasteiger partial charge >= 0.3 is 0 Å². The van der Waals surface area contributed by atoms with Gasteiger partial charge in [0.05, 0.1) is 5.69 Å². The maximum Gasteiger partial charge on any atom is 0.257 e. The van der Waals surface area contributed by atoms with Crippen molar-refractivity contribution >= 4 is 34.8 Å². The van der Waals surface area contributed by atoms with Gasteiger partial charge in [-0.1, -0.05) is 57.2 Å². The van der Waals surface area contributed by atoms with Crippen molar-refractivity contribution in [2.45, 2.75) is 51.5 Å². The van der Waals surface area contributed by atoms with Crippen molar-refractivity contribution in [2.75, 3.05) is 5.32 Å². The highest BCUT2D eigenvalue weighted by Gasteiger charge is 2.21. The van der Waals surface area contributed by atoms with Crippen LogP contribution in [0.15, 0.2) is 48.5 Å². The van der Waals surface area contributed by atoms with Crippen LogP contribution in [0, 0.1) is 0 Å². The average molecular weight is 442 g/mol. The largest absolute Gasteiger partial charge is 0.327 e. The predicted molar refractivity (Wildman–Crippen MR) is 128 cm³/mol. The van der Waals surface area contributed by atoms with Crippen LogP contribution in [0.25, 0.3) is 11.1 Å². The zero-order chi connectivity index (χ0) is 20.6. The molecule has 0 unspecified atom stereocenters. The lowest BCUT2D eigenvalue weighted by Crippen LogP contribution is -2.27. The van der Waals surface area contributed by atoms with Gasteiger partial charge in [-0.25, -0.2) is 4.98 Å². The molecule has 1 aliphatic carbocycles. The molecule has 0 aliphatic heterocycles. The molecular formula is C24H28ClN3OS. The van der Waals surface area contributed by atoms with Crippen LogP contribution in [-0.4, -0.2) is 16.9 Å². The van der Waals surface area contributed by atoms with E-state index in [0.717, 1.165) is 36.1 Å². The fourth-order valence-corrected chi connectivity index (χ4v) is 4.70. The third-order valence-corrected chi connectivity index (χ3v) is 6.46. The summed E-state index contributed by atoms with van der Waals surface area (Å²) in [7, 11) is 0. The molecule has 1 heterocycles. The Hall–Kier alpha value is -2.21. The number of aromatic nitrogens is 1. The minimum Gasteiger partial charge on any atom is -0.327 e. The molecule has 158 valence electrons. The van der Waals surface area contributed by atoms with Gasteiger partial charge in [-0.05, 0) is 53.5 Å². The van der Waals surface area contributed by atoms with Gasteiger partial charge in [-0.2, -0.15) is 0 Å². The number of aryl methyl sites for hydroxylation is 1. The fraction of sp³-hybridized carbons (Fsp3) is 0.333. The van der Waals surface area contributed by atoms with E-state index < -0.39 is 0 Å². The molecule has 3 aromatic rings. The van der Waals surface area contributed by atoms with Gasteiger partial charge in [-0.3, -0.25) is 10.1 Å². The maximum atomic E-state index is 12.6. The number of halogens is 1. The zero-order valence-corrected chi connectivity index (χ0v) is 19.2. The van der Waals surface area contributed by atoms with E-state index in [0.29, 0.717) is 10.7 Å². The molecule has 1 aromatic heterocycles. The van der Waals surface area contributed by atoms with E-state index in [9.17, 15) is 4.79 Å². The number of nitrogens with one attached hydrogen (secondary N) is 1. The van der Waals surface area contributed by atoms with Crippen molar-refractivity contribution in [1.29, 1.82) is 0 Å². The number of hydrogen-bond donors (Lipinski definition) is 2. The van der Waals surface area contributed by atoms with Crippen LogP contribution in [0.1, 0.15) is 53.7 Å². The van der Waals surface area contributed by atoms with Crippen LogP contribution in [0.4, 0.5) is 5.13 Å². The van der Waals surface area contributed by atoms with Crippen LogP contribution in [0.5, 0.6) is 0 Å². The van der Waals surface area contributed by atoms with Crippen molar-refractivity contribution in [3.8, 4) is 11.1 Å². The Kier molecular flexibility index (Phi) is 6.65. The zero-order valence-electron chi connectivity index (χ0n) is 17.6. The molecule has 2 aromatic carbocycles. The number of fused-ring (bicyclic) bond motifs is 1. The normalized spacial score (nSPS) is 15.8. The number of rotatable bonds is 3. The summed E-state index contributed by atoms with van der Waals surface area (Å²) < 4.78 is 0. The maximum absolute atomic E-state index is 12.6. The van der Waals surface area contributed by atoms with Crippen LogP contribution in [-0.2, 0) is 18.3 Å². The van der Waals surface area contributed by atoms with E-state index in [1.54, 1.807) is 11.3 Å². The molecule has 0 saturated heterocycles. The second-order valence-electron chi connectivity index (χ2n) is 8.75. The number of carbonyl (C=O) groups is 1. The van der Waals surface area contributed by atoms with E-state index in [2.05, 4.69) is 55.3 Å². The number of hydrogen-bond acceptors (Lipinski definition) is 4. The van der Waals surface area contributed by atoms with E-state index in [1.807, 2.05) is 24.3 Å². The number of nitrogens with two attached hydrogens (primary N) is 1. The molecule has 0 radical (unpaired) electrons. The van der Waals surface area contributed by atoms with Crippen LogP contribution >= 0.6 is 23.7 Å². The van der Waals surface area contributed by atoms with Crippen molar-refractivity contribution < 1.29 is 4.79 Å². The van der Waals surface area contributed by atoms with Gasteiger partial charge in [0.15, 0.2) is 5.13 Å². The van der Waals surface area contributed by atoms with Crippen LogP contribution in [0.2, 0.25) is 0 Å². The number of anilines is 1. The minimum atomic E-state index is -0.130. The molecule has 1 atom stereocenters. The molecule has 4 rings (SSSR count). The Labute approximate surface area is 188 Å². The molecule has 4 nitrogen and oxygen atoms in total. The topological polar surface area (TPSA) is 68.0 Å². The summed E-state index contributed by atoms with van der Waals surface area (Å²) in [5.74, 6) is -0.130. The number of benzene rings is 2. The fourth-order valence-electron chi connectivity index (χ4n) is 3.60. The summed E-state index contributed by atoms with van der Waals surface area (Å²) in [6, 6.07) is 16.5. The highest BCUT2D eigenvalue weighted by molar-refractivity contribution is 7.15. The van der Waals surface area contributed by atoms with Crippen molar-refractivity contribution in [3.05, 3.63) is 70.2 Å². The number of carbonyl (C=O) groups excluding carboxylic acids is 1. The van der Waals surface area contributed by atoms with Gasteiger partial charge < -0.3 is 5.73 Å². The van der Waals surface area contributed by atoms with E-state index in [1.165, 1.54) is 10.4 Å². The van der Waals surface area contributed by atoms with Gasteiger partial charge in [0.1, 0.15) is 0 Å². The first-order valence-electron chi connectivity index (χ1n) is 10.1. The minimum absolute atomic E-state index is 0. The Morgan fingerprint density at radius 3 is 2.27 bits per heavy atom. The summed E-state index contributed by atoms with van der Waals surface area (Å²) in [5, 5.41) is 3.60. The molecule has 0 spiro atoms. The molecule has 1 amide bonds. The molecule has 0 saturated carbocycles. The van der Waals surface area contributed by atoms with Gasteiger partial charge in [0.25, 0.3) is 5.91 Å². The third kappa shape index (κ3) is 4.91. The molecule has 1 aliphatic rings. The smallest absolute Gasteiger partial charge is 0.257 e. The second kappa shape index (κ2) is 8.88. The molecule has 3 N–H and O–H groups in total. The second-order valence-corrected chi connectivity index (χ2v) is 9.83. The Morgan fingerprint density at radius 2 is 1.67 bits per heavy atom. The third-order valence-electron chi connectivity index (χ3n) is 5.43. The molecule has 6 heteroatoms. The SMILES string of the molecule is CC(C)(C)c1ccc(-c2ccc(C(=O)Nc3nc4c(s3)C[C@@H](N)CC4)cc2)cc1.Cl. The Morgan fingerprint density at radius 1 is 1.07 bits per heavy atom. The van der Waals surface area contributed by atoms with Crippen molar-refractivity contribution in [3.63, 3.8) is 0 Å². The van der Waals surface area contributed by atoms with E-state index in [-0.39, 0.29) is 29.8 Å². The molecule has 0 bridgehead atoms. The highest BCUT2D eigenvalue weighted by atomic mass is 35.5. The Bertz CT molecular complexity index is 1020. The predicted octanol–water partition coefficient (Wildman–Crippen LogP) is 5.60. The quantitative estimate of drug-likeness (QED) is 0.556. The van der Waals surface area contributed by atoms with E-state index in [4.69, 9.17) is 5.73 Å². The number of amides is 1. The molecular weight excluding hydrogens is 414 g/mol. The first-order valence-corrected chi connectivity index (χ1v) is 10.9. The van der Waals surface area contributed by atoms with Crippen LogP contribution < -0.4 is 11.1 Å². The number of nitrogens with zero attached hydrogens (tertiary/aromatic N) is 1. The standard InChI is InChI=1S/C24H27N3OS.ClH/c1-24(2,3)18-10-8-16(9-11-18)15-4-6-17(7-5-15)22(28)27-23-26-20-13-12-19(25)14-21(20)29-23;/h4-11,19H,12-14,25H2,1-3H3,(H,26,27,28);1H/t19-;/m0./s1. The first kappa shape index (κ1) is 22.5. The first-order chi connectivity index (χ1) is 13.8. The van der Waals surface area contributed by atoms with Gasteiger partial charge in [0.2, 0.25) is 0 Å². The van der Waals surface area contributed by atoms with E-state index >= 15 is 0 Å². The van der Waals surface area contributed by atoms with Crippen LogP contribution in [0.3, 0.4) is 0 Å². The summed E-state index contributed by atoms with van der Waals surface area (Å²) in [4.78, 5) is 18.4. The number of thiazole rings is 1. The molecule has 30 heavy (non-hydrogen) atoms. The van der Waals surface area contributed by atoms with Crippen molar-refractivity contribution in [1.82, 2.24) is 4.98 Å². The average Bonchev–Trinajstić information content (AvgIpc) is 3.09. The van der Waals surface area contributed by atoms with Gasteiger partial charge in [-0.15, -0.1) is 23.7 Å². The monoisotopic (exact) mass is 441 g/mol.